The minimum absolute atomic E-state index is 0.0421. The maximum absolute atomic E-state index is 11.9. The molecular formula is C16H15NO2. The number of methoxy groups -OCH3 is 1. The predicted molar refractivity (Wildman–Crippen MR) is 77.2 cm³/mol. The fraction of sp³-hybridized carbons (Fsp3) is 0.0625. The van der Waals surface area contributed by atoms with E-state index >= 15 is 0 Å². The van der Waals surface area contributed by atoms with Crippen LogP contribution in [0.3, 0.4) is 0 Å². The number of rotatable bonds is 4. The molecule has 0 aliphatic carbocycles. The molecule has 3 heteroatoms. The monoisotopic (exact) mass is 253 g/mol. The van der Waals surface area contributed by atoms with E-state index < -0.39 is 0 Å². The molecule has 0 fully saturated rings. The van der Waals surface area contributed by atoms with Gasteiger partial charge in [0.25, 0.3) is 0 Å². The third kappa shape index (κ3) is 3.45. The molecule has 0 heterocycles. The number of hydrogen-bond donors (Lipinski definition) is 1. The van der Waals surface area contributed by atoms with E-state index in [-0.39, 0.29) is 5.78 Å². The Morgan fingerprint density at radius 2 is 1.68 bits per heavy atom. The molecule has 3 nitrogen and oxygen atoms in total. The van der Waals surface area contributed by atoms with Gasteiger partial charge in [-0.3, -0.25) is 4.79 Å². The highest BCUT2D eigenvalue weighted by molar-refractivity contribution is 6.06. The number of ether oxygens (including phenoxy) is 1. The summed E-state index contributed by atoms with van der Waals surface area (Å²) in [6.45, 7) is 0. The average Bonchev–Trinajstić information content (AvgIpc) is 2.46. The Hall–Kier alpha value is -2.55. The Bertz CT molecular complexity index is 583. The molecular weight excluding hydrogens is 238 g/mol. The highest BCUT2D eigenvalue weighted by atomic mass is 16.5. The molecule has 0 aliphatic heterocycles. The molecule has 19 heavy (non-hydrogen) atoms. The zero-order chi connectivity index (χ0) is 13.7. The van der Waals surface area contributed by atoms with Crippen molar-refractivity contribution in [3.05, 3.63) is 65.7 Å². The summed E-state index contributed by atoms with van der Waals surface area (Å²) in [4.78, 5) is 11.9. The molecule has 2 aromatic carbocycles. The molecule has 2 N–H and O–H groups in total. The summed E-state index contributed by atoms with van der Waals surface area (Å²) in [6.07, 6.45) is 3.32. The quantitative estimate of drug-likeness (QED) is 0.517. The lowest BCUT2D eigenvalue weighted by molar-refractivity contribution is 0.104. The van der Waals surface area contributed by atoms with Crippen LogP contribution in [0.2, 0.25) is 0 Å². The second-order valence-electron chi connectivity index (χ2n) is 4.09. The first-order valence-corrected chi connectivity index (χ1v) is 5.91. The van der Waals surface area contributed by atoms with Crippen molar-refractivity contribution in [1.82, 2.24) is 0 Å². The number of anilines is 1. The van der Waals surface area contributed by atoms with E-state index in [0.29, 0.717) is 11.3 Å². The van der Waals surface area contributed by atoms with E-state index in [1.165, 1.54) is 0 Å². The van der Waals surface area contributed by atoms with E-state index in [1.807, 2.05) is 12.1 Å². The van der Waals surface area contributed by atoms with Gasteiger partial charge in [-0.2, -0.15) is 0 Å². The predicted octanol–water partition coefficient (Wildman–Crippen LogP) is 3.17. The van der Waals surface area contributed by atoms with Crippen molar-refractivity contribution in [3.8, 4) is 5.75 Å². The van der Waals surface area contributed by atoms with Crippen LogP contribution >= 0.6 is 0 Å². The van der Waals surface area contributed by atoms with Gasteiger partial charge in [0, 0.05) is 11.3 Å². The van der Waals surface area contributed by atoms with E-state index in [2.05, 4.69) is 0 Å². The third-order valence-corrected chi connectivity index (χ3v) is 2.74. The van der Waals surface area contributed by atoms with Crippen LogP contribution in [0.1, 0.15) is 15.9 Å². The highest BCUT2D eigenvalue weighted by Crippen LogP contribution is 2.13. The summed E-state index contributed by atoms with van der Waals surface area (Å²) >= 11 is 0. The van der Waals surface area contributed by atoms with Crippen molar-refractivity contribution in [1.29, 1.82) is 0 Å². The fourth-order valence-corrected chi connectivity index (χ4v) is 1.63. The normalized spacial score (nSPS) is 10.6. The maximum atomic E-state index is 11.9. The Kier molecular flexibility index (Phi) is 3.98. The van der Waals surface area contributed by atoms with Crippen LogP contribution in [0, 0.1) is 0 Å². The van der Waals surface area contributed by atoms with Crippen LogP contribution in [-0.2, 0) is 0 Å². The van der Waals surface area contributed by atoms with E-state index in [4.69, 9.17) is 10.5 Å². The summed E-state index contributed by atoms with van der Waals surface area (Å²) < 4.78 is 5.05. The van der Waals surface area contributed by atoms with Gasteiger partial charge in [-0.1, -0.05) is 18.2 Å². The molecule has 0 aliphatic rings. The lowest BCUT2D eigenvalue weighted by Gasteiger charge is -2.00. The molecule has 0 radical (unpaired) electrons. The SMILES string of the molecule is COc1ccc(C(=O)/C=C/c2ccc(N)cc2)cc1. The lowest BCUT2D eigenvalue weighted by Crippen LogP contribution is -1.94. The number of nitrogens with two attached hydrogens (primary N) is 1. The zero-order valence-corrected chi connectivity index (χ0v) is 10.7. The topological polar surface area (TPSA) is 52.3 Å². The van der Waals surface area contributed by atoms with Gasteiger partial charge in [-0.15, -0.1) is 0 Å². The van der Waals surface area contributed by atoms with Crippen molar-refractivity contribution in [2.24, 2.45) is 0 Å². The average molecular weight is 253 g/mol. The number of ketones is 1. The second-order valence-corrected chi connectivity index (χ2v) is 4.09. The van der Waals surface area contributed by atoms with Crippen molar-refractivity contribution < 1.29 is 9.53 Å². The summed E-state index contributed by atoms with van der Waals surface area (Å²) in [6, 6.07) is 14.4. The first-order valence-electron chi connectivity index (χ1n) is 5.91. The maximum Gasteiger partial charge on any atom is 0.185 e. The van der Waals surface area contributed by atoms with Crippen LogP contribution < -0.4 is 10.5 Å². The van der Waals surface area contributed by atoms with Gasteiger partial charge in [0.1, 0.15) is 5.75 Å². The van der Waals surface area contributed by atoms with Crippen molar-refractivity contribution >= 4 is 17.5 Å². The van der Waals surface area contributed by atoms with Gasteiger partial charge in [0.2, 0.25) is 0 Å². The van der Waals surface area contributed by atoms with Crippen LogP contribution in [0.4, 0.5) is 5.69 Å². The third-order valence-electron chi connectivity index (χ3n) is 2.74. The minimum Gasteiger partial charge on any atom is -0.497 e. The number of nitrogen functional groups attached to an aromatic ring is 1. The fourth-order valence-electron chi connectivity index (χ4n) is 1.63. The Morgan fingerprint density at radius 3 is 2.26 bits per heavy atom. The molecule has 0 aromatic heterocycles. The molecule has 0 spiro atoms. The Labute approximate surface area is 112 Å². The summed E-state index contributed by atoms with van der Waals surface area (Å²) in [5.41, 5.74) is 7.88. The largest absolute Gasteiger partial charge is 0.497 e. The Morgan fingerprint density at radius 1 is 1.05 bits per heavy atom. The van der Waals surface area contributed by atoms with Crippen LogP contribution in [0.15, 0.2) is 54.6 Å². The van der Waals surface area contributed by atoms with Gasteiger partial charge in [0.05, 0.1) is 7.11 Å². The molecule has 2 aromatic rings. The summed E-state index contributed by atoms with van der Waals surface area (Å²) in [7, 11) is 1.60. The van der Waals surface area contributed by atoms with E-state index in [1.54, 1.807) is 55.7 Å². The van der Waals surface area contributed by atoms with Gasteiger partial charge in [0.15, 0.2) is 5.78 Å². The smallest absolute Gasteiger partial charge is 0.185 e. The second kappa shape index (κ2) is 5.87. The molecule has 0 saturated heterocycles. The van der Waals surface area contributed by atoms with Gasteiger partial charge < -0.3 is 10.5 Å². The zero-order valence-electron chi connectivity index (χ0n) is 10.7. The first-order chi connectivity index (χ1) is 9.19. The van der Waals surface area contributed by atoms with E-state index in [0.717, 1.165) is 11.3 Å². The van der Waals surface area contributed by atoms with Crippen molar-refractivity contribution in [2.45, 2.75) is 0 Å². The van der Waals surface area contributed by atoms with Crippen molar-refractivity contribution in [2.75, 3.05) is 12.8 Å². The first kappa shape index (κ1) is 12.9. The van der Waals surface area contributed by atoms with Gasteiger partial charge >= 0.3 is 0 Å². The minimum atomic E-state index is -0.0421. The Balaban J connectivity index is 2.09. The van der Waals surface area contributed by atoms with Gasteiger partial charge in [-0.05, 0) is 48.0 Å². The standard InChI is InChI=1S/C16H15NO2/c1-19-15-9-5-13(6-10-15)16(18)11-4-12-2-7-14(17)8-3-12/h2-11H,17H2,1H3/b11-4+. The molecule has 2 rings (SSSR count). The number of allylic oxidation sites excluding steroid dienone is 1. The highest BCUT2D eigenvalue weighted by Gasteiger charge is 2.01. The lowest BCUT2D eigenvalue weighted by atomic mass is 10.1. The number of benzene rings is 2. The van der Waals surface area contributed by atoms with E-state index in [9.17, 15) is 4.79 Å². The molecule has 0 unspecified atom stereocenters. The number of carbonyl (C=O) groups is 1. The molecule has 0 bridgehead atoms. The number of hydrogen-bond acceptors (Lipinski definition) is 3. The van der Waals surface area contributed by atoms with Crippen LogP contribution in [-0.4, -0.2) is 12.9 Å². The molecule has 0 saturated carbocycles. The summed E-state index contributed by atoms with van der Waals surface area (Å²) in [5, 5.41) is 0. The molecule has 0 amide bonds. The molecule has 96 valence electrons. The van der Waals surface area contributed by atoms with Crippen LogP contribution in [0.5, 0.6) is 5.75 Å². The number of carbonyl (C=O) groups excluding carboxylic acids is 1. The van der Waals surface area contributed by atoms with Crippen molar-refractivity contribution in [3.63, 3.8) is 0 Å². The molecule has 0 atom stereocenters. The van der Waals surface area contributed by atoms with Crippen LogP contribution in [0.25, 0.3) is 6.08 Å². The summed E-state index contributed by atoms with van der Waals surface area (Å²) in [5.74, 6) is 0.693. The van der Waals surface area contributed by atoms with Gasteiger partial charge in [-0.25, -0.2) is 0 Å².